The number of rotatable bonds is 10. The van der Waals surface area contributed by atoms with Crippen LogP contribution in [0.4, 0.5) is 0 Å². The largest absolute Gasteiger partial charge is 0.308 e. The Morgan fingerprint density at radius 3 is 2.56 bits per heavy atom. The molecule has 0 saturated carbocycles. The lowest BCUT2D eigenvalue weighted by molar-refractivity contribution is 0.526. The van der Waals surface area contributed by atoms with Gasteiger partial charge in [0.2, 0.25) is 0 Å². The summed E-state index contributed by atoms with van der Waals surface area (Å²) in [7, 11) is 0. The molecule has 1 heterocycles. The normalized spacial score (nSPS) is 12.8. The predicted molar refractivity (Wildman–Crippen MR) is 81.3 cm³/mol. The number of thiazole rings is 1. The van der Waals surface area contributed by atoms with Crippen molar-refractivity contribution in [3.05, 3.63) is 16.1 Å². The molecule has 0 bridgehead atoms. The highest BCUT2D eigenvalue weighted by atomic mass is 32.1. The fourth-order valence-corrected chi connectivity index (χ4v) is 2.88. The van der Waals surface area contributed by atoms with Crippen LogP contribution in [0.3, 0.4) is 0 Å². The van der Waals surface area contributed by atoms with E-state index in [9.17, 15) is 0 Å². The zero-order valence-corrected chi connectivity index (χ0v) is 13.0. The average molecular weight is 268 g/mol. The van der Waals surface area contributed by atoms with E-state index in [-0.39, 0.29) is 0 Å². The van der Waals surface area contributed by atoms with Crippen LogP contribution in [0.15, 0.2) is 6.20 Å². The molecule has 3 heteroatoms. The van der Waals surface area contributed by atoms with Gasteiger partial charge in [-0.25, -0.2) is 4.98 Å². The summed E-state index contributed by atoms with van der Waals surface area (Å²) in [5.74, 6) is 0. The van der Waals surface area contributed by atoms with Gasteiger partial charge in [-0.3, -0.25) is 0 Å². The van der Waals surface area contributed by atoms with Crippen LogP contribution in [0.1, 0.15) is 75.2 Å². The number of aromatic nitrogens is 1. The van der Waals surface area contributed by atoms with Gasteiger partial charge in [0.05, 0.1) is 6.04 Å². The molecule has 1 atom stereocenters. The highest BCUT2D eigenvalue weighted by molar-refractivity contribution is 7.11. The number of nitrogens with zero attached hydrogens (tertiary/aromatic N) is 1. The summed E-state index contributed by atoms with van der Waals surface area (Å²) < 4.78 is 0. The smallest absolute Gasteiger partial charge is 0.109 e. The lowest BCUT2D eigenvalue weighted by Gasteiger charge is -2.10. The molecule has 0 spiro atoms. The van der Waals surface area contributed by atoms with Crippen molar-refractivity contribution in [2.45, 2.75) is 71.8 Å². The first-order chi connectivity index (χ1) is 8.77. The van der Waals surface area contributed by atoms with Crippen LogP contribution in [-0.4, -0.2) is 11.5 Å². The van der Waals surface area contributed by atoms with Crippen LogP contribution >= 0.6 is 11.3 Å². The number of unbranched alkanes of at least 4 members (excludes halogenated alkanes) is 5. The molecule has 1 rings (SSSR count). The molecule has 1 aromatic rings. The standard InChI is InChI=1S/C15H28N2S/c1-4-6-7-8-9-10-11-16-13(3)15-17-12-14(5-2)18-15/h12-13,16H,4-11H2,1-3H3. The Balaban J connectivity index is 2.08. The minimum absolute atomic E-state index is 0.408. The summed E-state index contributed by atoms with van der Waals surface area (Å²) in [4.78, 5) is 5.87. The summed E-state index contributed by atoms with van der Waals surface area (Å²) in [6, 6.07) is 0.408. The second-order valence-corrected chi connectivity index (χ2v) is 6.11. The first-order valence-corrected chi connectivity index (χ1v) is 8.27. The summed E-state index contributed by atoms with van der Waals surface area (Å²) in [5.41, 5.74) is 0. The molecular formula is C15H28N2S. The van der Waals surface area contributed by atoms with Gasteiger partial charge in [0.25, 0.3) is 0 Å². The number of aryl methyl sites for hydroxylation is 1. The number of hydrogen-bond donors (Lipinski definition) is 1. The van der Waals surface area contributed by atoms with Gasteiger partial charge >= 0.3 is 0 Å². The minimum atomic E-state index is 0.408. The van der Waals surface area contributed by atoms with E-state index in [1.54, 1.807) is 0 Å². The Hall–Kier alpha value is -0.410. The van der Waals surface area contributed by atoms with Crippen LogP contribution in [0.5, 0.6) is 0 Å². The fourth-order valence-electron chi connectivity index (χ4n) is 2.00. The molecule has 0 amide bonds. The van der Waals surface area contributed by atoms with Crippen LogP contribution in [0, 0.1) is 0 Å². The Morgan fingerprint density at radius 1 is 1.17 bits per heavy atom. The molecule has 104 valence electrons. The highest BCUT2D eigenvalue weighted by Crippen LogP contribution is 2.20. The maximum atomic E-state index is 4.48. The zero-order chi connectivity index (χ0) is 13.2. The molecule has 1 N–H and O–H groups in total. The van der Waals surface area contributed by atoms with Crippen molar-refractivity contribution < 1.29 is 0 Å². The van der Waals surface area contributed by atoms with E-state index >= 15 is 0 Å². The van der Waals surface area contributed by atoms with Gasteiger partial charge < -0.3 is 5.32 Å². The average Bonchev–Trinajstić information content (AvgIpc) is 2.86. The molecule has 18 heavy (non-hydrogen) atoms. The van der Waals surface area contributed by atoms with Crippen molar-refractivity contribution in [3.63, 3.8) is 0 Å². The van der Waals surface area contributed by atoms with E-state index in [4.69, 9.17) is 0 Å². The Kier molecular flexibility index (Phi) is 8.27. The Bertz CT molecular complexity index is 309. The summed E-state index contributed by atoms with van der Waals surface area (Å²) in [6.07, 6.45) is 11.3. The van der Waals surface area contributed by atoms with Gasteiger partial charge in [-0.05, 0) is 26.3 Å². The first kappa shape index (κ1) is 15.6. The fraction of sp³-hybridized carbons (Fsp3) is 0.800. The lowest BCUT2D eigenvalue weighted by atomic mass is 10.1. The van der Waals surface area contributed by atoms with Gasteiger partial charge in [0.15, 0.2) is 0 Å². The maximum Gasteiger partial charge on any atom is 0.109 e. The Labute approximate surface area is 116 Å². The van der Waals surface area contributed by atoms with Crippen molar-refractivity contribution in [2.24, 2.45) is 0 Å². The van der Waals surface area contributed by atoms with E-state index in [1.165, 1.54) is 48.4 Å². The van der Waals surface area contributed by atoms with E-state index in [0.29, 0.717) is 6.04 Å². The summed E-state index contributed by atoms with van der Waals surface area (Å²) in [6.45, 7) is 7.79. The zero-order valence-electron chi connectivity index (χ0n) is 12.2. The summed E-state index contributed by atoms with van der Waals surface area (Å²) >= 11 is 1.84. The highest BCUT2D eigenvalue weighted by Gasteiger charge is 2.08. The van der Waals surface area contributed by atoms with Gasteiger partial charge in [-0.1, -0.05) is 46.0 Å². The Morgan fingerprint density at radius 2 is 1.89 bits per heavy atom. The lowest BCUT2D eigenvalue weighted by Crippen LogP contribution is -2.19. The predicted octanol–water partition coefficient (Wildman–Crippen LogP) is 4.72. The topological polar surface area (TPSA) is 24.9 Å². The number of nitrogens with one attached hydrogen (secondary N) is 1. The SMILES string of the molecule is CCCCCCCCNC(C)c1ncc(CC)s1. The third kappa shape index (κ3) is 5.96. The summed E-state index contributed by atoms with van der Waals surface area (Å²) in [5, 5.41) is 4.81. The van der Waals surface area contributed by atoms with Crippen molar-refractivity contribution in [1.82, 2.24) is 10.3 Å². The second-order valence-electron chi connectivity index (χ2n) is 4.96. The van der Waals surface area contributed by atoms with Crippen molar-refractivity contribution in [1.29, 1.82) is 0 Å². The van der Waals surface area contributed by atoms with Gasteiger partial charge in [-0.2, -0.15) is 0 Å². The van der Waals surface area contributed by atoms with Crippen molar-refractivity contribution in [3.8, 4) is 0 Å². The van der Waals surface area contributed by atoms with Gasteiger partial charge in [0, 0.05) is 11.1 Å². The van der Waals surface area contributed by atoms with Crippen molar-refractivity contribution >= 4 is 11.3 Å². The monoisotopic (exact) mass is 268 g/mol. The molecule has 1 aromatic heterocycles. The molecule has 0 aromatic carbocycles. The molecule has 0 aliphatic rings. The van der Waals surface area contributed by atoms with Crippen LogP contribution < -0.4 is 5.32 Å². The second kappa shape index (κ2) is 9.51. The molecule has 0 saturated heterocycles. The molecule has 0 aliphatic carbocycles. The van der Waals surface area contributed by atoms with E-state index in [0.717, 1.165) is 13.0 Å². The third-order valence-corrected chi connectivity index (χ3v) is 4.60. The van der Waals surface area contributed by atoms with Crippen molar-refractivity contribution in [2.75, 3.05) is 6.54 Å². The third-order valence-electron chi connectivity index (χ3n) is 3.27. The molecule has 0 radical (unpaired) electrons. The maximum absolute atomic E-state index is 4.48. The van der Waals surface area contributed by atoms with Gasteiger partial charge in [0.1, 0.15) is 5.01 Å². The van der Waals surface area contributed by atoms with E-state index in [2.05, 4.69) is 31.1 Å². The van der Waals surface area contributed by atoms with Crippen LogP contribution in [0.25, 0.3) is 0 Å². The number of hydrogen-bond acceptors (Lipinski definition) is 3. The molecule has 2 nitrogen and oxygen atoms in total. The van der Waals surface area contributed by atoms with Crippen LogP contribution in [0.2, 0.25) is 0 Å². The minimum Gasteiger partial charge on any atom is -0.308 e. The van der Waals surface area contributed by atoms with Gasteiger partial charge in [-0.15, -0.1) is 11.3 Å². The first-order valence-electron chi connectivity index (χ1n) is 7.45. The molecule has 0 aliphatic heterocycles. The molecule has 0 fully saturated rings. The molecule has 1 unspecified atom stereocenters. The van der Waals surface area contributed by atoms with E-state index in [1.807, 2.05) is 17.5 Å². The molecular weight excluding hydrogens is 240 g/mol. The quantitative estimate of drug-likeness (QED) is 0.621. The van der Waals surface area contributed by atoms with Crippen LogP contribution in [-0.2, 0) is 6.42 Å². The van der Waals surface area contributed by atoms with E-state index < -0.39 is 0 Å².